The summed E-state index contributed by atoms with van der Waals surface area (Å²) in [5, 5.41) is 0.585. The lowest BCUT2D eigenvalue weighted by atomic mass is 10.1. The Bertz CT molecular complexity index is 1340. The molecule has 0 amide bonds. The molecule has 0 bridgehead atoms. The summed E-state index contributed by atoms with van der Waals surface area (Å²) < 4.78 is 17.3. The lowest BCUT2D eigenvalue weighted by Gasteiger charge is -2.12. The second-order valence-corrected chi connectivity index (χ2v) is 8.76. The van der Waals surface area contributed by atoms with E-state index in [0.717, 1.165) is 4.47 Å². The van der Waals surface area contributed by atoms with Gasteiger partial charge in [-0.25, -0.2) is 14.6 Å². The van der Waals surface area contributed by atoms with Gasteiger partial charge < -0.3 is 14.2 Å². The van der Waals surface area contributed by atoms with E-state index in [4.69, 9.17) is 37.4 Å². The first-order valence-electron chi connectivity index (χ1n) is 10.1. The van der Waals surface area contributed by atoms with Gasteiger partial charge in [0.2, 0.25) is 5.90 Å². The first-order valence-corrected chi connectivity index (χ1v) is 11.6. The molecule has 1 heterocycles. The van der Waals surface area contributed by atoms with Crippen molar-refractivity contribution in [3.63, 3.8) is 0 Å². The maximum absolute atomic E-state index is 12.6. The zero-order valence-electron chi connectivity index (χ0n) is 17.7. The van der Waals surface area contributed by atoms with Crippen LogP contribution in [0.5, 0.6) is 11.5 Å². The maximum atomic E-state index is 12.6. The van der Waals surface area contributed by atoms with E-state index in [-0.39, 0.29) is 27.9 Å². The minimum Gasteiger partial charge on any atom is -0.490 e. The Morgan fingerprint density at radius 3 is 2.53 bits per heavy atom. The summed E-state index contributed by atoms with van der Waals surface area (Å²) in [4.78, 5) is 29.2. The predicted octanol–water partition coefficient (Wildman–Crippen LogP) is 6.72. The number of benzene rings is 3. The van der Waals surface area contributed by atoms with E-state index in [0.29, 0.717) is 28.5 Å². The van der Waals surface area contributed by atoms with E-state index in [2.05, 4.69) is 20.9 Å². The minimum atomic E-state index is -0.656. The van der Waals surface area contributed by atoms with Crippen LogP contribution in [0.25, 0.3) is 6.08 Å². The lowest BCUT2D eigenvalue weighted by molar-refractivity contribution is -0.129. The van der Waals surface area contributed by atoms with Gasteiger partial charge in [-0.1, -0.05) is 45.2 Å². The van der Waals surface area contributed by atoms with Crippen molar-refractivity contribution in [2.24, 2.45) is 4.99 Å². The van der Waals surface area contributed by atoms with Gasteiger partial charge in [-0.2, -0.15) is 0 Å². The molecule has 0 N–H and O–H groups in total. The zero-order valence-corrected chi connectivity index (χ0v) is 20.8. The molecule has 0 saturated carbocycles. The zero-order chi connectivity index (χ0) is 24.2. The molecule has 0 spiro atoms. The van der Waals surface area contributed by atoms with E-state index in [9.17, 15) is 9.59 Å². The van der Waals surface area contributed by atoms with Gasteiger partial charge in [0.25, 0.3) is 0 Å². The van der Waals surface area contributed by atoms with Crippen molar-refractivity contribution in [2.75, 3.05) is 6.61 Å². The summed E-state index contributed by atoms with van der Waals surface area (Å²) in [6, 6.07) is 16.6. The van der Waals surface area contributed by atoms with Crippen molar-refractivity contribution >= 4 is 63.0 Å². The molecule has 0 aromatic heterocycles. The molecule has 172 valence electrons. The fraction of sp³-hybridized carbons (Fsp3) is 0.0800. The highest BCUT2D eigenvalue weighted by molar-refractivity contribution is 9.10. The molecule has 3 aromatic rings. The van der Waals surface area contributed by atoms with Gasteiger partial charge in [0.15, 0.2) is 17.2 Å². The Kier molecular flexibility index (Phi) is 7.36. The summed E-state index contributed by atoms with van der Waals surface area (Å²) in [6.07, 6.45) is 1.57. The number of nitrogens with zero attached hydrogens (tertiary/aromatic N) is 1. The number of aliphatic imine (C=N–C) groups is 1. The Hall–Kier alpha value is -3.13. The number of halogens is 3. The average Bonchev–Trinajstić information content (AvgIpc) is 3.16. The highest BCUT2D eigenvalue weighted by atomic mass is 79.9. The SMILES string of the molecule is CCOc1cc(/C=C2/N=C(c3ccc(Br)cc3)OC2=O)ccc1OC(=O)c1ccc(Cl)cc1Cl. The Morgan fingerprint density at radius 2 is 1.82 bits per heavy atom. The van der Waals surface area contributed by atoms with E-state index >= 15 is 0 Å². The van der Waals surface area contributed by atoms with Gasteiger partial charge in [0.05, 0.1) is 17.2 Å². The van der Waals surface area contributed by atoms with Crippen molar-refractivity contribution in [1.82, 2.24) is 0 Å². The molecule has 0 atom stereocenters. The third-order valence-corrected chi connectivity index (χ3v) is 5.71. The van der Waals surface area contributed by atoms with E-state index in [1.165, 1.54) is 12.1 Å². The van der Waals surface area contributed by atoms with Crippen LogP contribution < -0.4 is 9.47 Å². The number of rotatable bonds is 6. The van der Waals surface area contributed by atoms with Crippen LogP contribution in [0.1, 0.15) is 28.4 Å². The summed E-state index contributed by atoms with van der Waals surface area (Å²) in [5.74, 6) is -0.480. The van der Waals surface area contributed by atoms with Crippen molar-refractivity contribution in [3.05, 3.63) is 97.6 Å². The highest BCUT2D eigenvalue weighted by Gasteiger charge is 2.24. The summed E-state index contributed by atoms with van der Waals surface area (Å²) in [7, 11) is 0. The molecule has 0 unspecified atom stereocenters. The number of carbonyl (C=O) groups excluding carboxylic acids is 2. The number of cyclic esters (lactones) is 1. The van der Waals surface area contributed by atoms with Gasteiger partial charge in [0, 0.05) is 15.1 Å². The first kappa shape index (κ1) is 24.0. The standard InChI is InChI=1S/C25H16BrCl2NO5/c1-2-32-22-12-14(3-10-21(22)33-24(30)18-9-8-17(27)13-19(18)28)11-20-25(31)34-23(29-20)15-4-6-16(26)7-5-15/h3-13H,2H2,1H3/b20-11+. The molecule has 1 aliphatic rings. The fourth-order valence-electron chi connectivity index (χ4n) is 3.06. The van der Waals surface area contributed by atoms with Crippen molar-refractivity contribution in [3.8, 4) is 11.5 Å². The van der Waals surface area contributed by atoms with Crippen LogP contribution >= 0.6 is 39.1 Å². The predicted molar refractivity (Wildman–Crippen MR) is 134 cm³/mol. The van der Waals surface area contributed by atoms with Gasteiger partial charge in [0.1, 0.15) is 0 Å². The molecule has 0 aliphatic carbocycles. The topological polar surface area (TPSA) is 74.2 Å². The average molecular weight is 561 g/mol. The second-order valence-electron chi connectivity index (χ2n) is 7.00. The van der Waals surface area contributed by atoms with Crippen LogP contribution in [0.2, 0.25) is 10.0 Å². The second kappa shape index (κ2) is 10.4. The number of esters is 2. The summed E-state index contributed by atoms with van der Waals surface area (Å²) >= 11 is 15.4. The Morgan fingerprint density at radius 1 is 1.06 bits per heavy atom. The van der Waals surface area contributed by atoms with Crippen LogP contribution in [0.4, 0.5) is 0 Å². The number of ether oxygens (including phenoxy) is 3. The van der Waals surface area contributed by atoms with E-state index < -0.39 is 11.9 Å². The Balaban J connectivity index is 1.59. The Labute approximate surface area is 213 Å². The highest BCUT2D eigenvalue weighted by Crippen LogP contribution is 2.32. The van der Waals surface area contributed by atoms with Crippen molar-refractivity contribution in [2.45, 2.75) is 6.92 Å². The lowest BCUT2D eigenvalue weighted by Crippen LogP contribution is -2.10. The summed E-state index contributed by atoms with van der Waals surface area (Å²) in [5.41, 5.74) is 1.60. The number of hydrogen-bond donors (Lipinski definition) is 0. The molecule has 0 radical (unpaired) electrons. The molecular formula is C25H16BrCl2NO5. The van der Waals surface area contributed by atoms with Gasteiger partial charge in [-0.3, -0.25) is 0 Å². The van der Waals surface area contributed by atoms with Crippen LogP contribution in [0.15, 0.2) is 75.8 Å². The number of hydrogen-bond acceptors (Lipinski definition) is 6. The van der Waals surface area contributed by atoms with Crippen molar-refractivity contribution < 1.29 is 23.8 Å². The van der Waals surface area contributed by atoms with Gasteiger partial charge >= 0.3 is 11.9 Å². The normalized spacial score (nSPS) is 14.1. The van der Waals surface area contributed by atoms with Gasteiger partial charge in [-0.15, -0.1) is 0 Å². The molecule has 1 aliphatic heterocycles. The van der Waals surface area contributed by atoms with Crippen LogP contribution in [-0.2, 0) is 9.53 Å². The molecule has 9 heteroatoms. The largest absolute Gasteiger partial charge is 0.490 e. The fourth-order valence-corrected chi connectivity index (χ4v) is 3.81. The smallest absolute Gasteiger partial charge is 0.363 e. The third-order valence-electron chi connectivity index (χ3n) is 4.64. The molecule has 0 fully saturated rings. The number of carbonyl (C=O) groups is 2. The first-order chi connectivity index (χ1) is 16.3. The molecule has 3 aromatic carbocycles. The minimum absolute atomic E-state index is 0.137. The van der Waals surface area contributed by atoms with E-state index in [1.807, 2.05) is 12.1 Å². The van der Waals surface area contributed by atoms with Crippen molar-refractivity contribution in [1.29, 1.82) is 0 Å². The maximum Gasteiger partial charge on any atom is 0.363 e. The molecule has 34 heavy (non-hydrogen) atoms. The molecular weight excluding hydrogens is 545 g/mol. The van der Waals surface area contributed by atoms with Crippen LogP contribution in [0, 0.1) is 0 Å². The summed E-state index contributed by atoms with van der Waals surface area (Å²) in [6.45, 7) is 2.14. The molecule has 4 rings (SSSR count). The van der Waals surface area contributed by atoms with Crippen LogP contribution in [0.3, 0.4) is 0 Å². The quantitative estimate of drug-likeness (QED) is 0.190. The third kappa shape index (κ3) is 5.50. The molecule has 6 nitrogen and oxygen atoms in total. The van der Waals surface area contributed by atoms with Crippen LogP contribution in [-0.4, -0.2) is 24.4 Å². The van der Waals surface area contributed by atoms with Gasteiger partial charge in [-0.05, 0) is 73.2 Å². The monoisotopic (exact) mass is 559 g/mol. The van der Waals surface area contributed by atoms with E-state index in [1.54, 1.807) is 49.4 Å². The molecule has 0 saturated heterocycles.